The molecule has 4 nitrogen and oxygen atoms in total. The summed E-state index contributed by atoms with van der Waals surface area (Å²) in [4.78, 5) is 23.8. The van der Waals surface area contributed by atoms with E-state index in [0.29, 0.717) is 16.9 Å². The molecule has 24 heavy (non-hydrogen) atoms. The number of Topliss-reactive ketones (excluding diaryl/α,β-unsaturated/α-hetero) is 1. The van der Waals surface area contributed by atoms with Crippen molar-refractivity contribution in [3.05, 3.63) is 65.0 Å². The fourth-order valence-electron chi connectivity index (χ4n) is 2.44. The molecule has 5 heteroatoms. The zero-order valence-corrected chi connectivity index (χ0v) is 13.9. The molecule has 2 aromatic rings. The Morgan fingerprint density at radius 1 is 1.17 bits per heavy atom. The van der Waals surface area contributed by atoms with E-state index in [1.165, 1.54) is 26.2 Å². The molecule has 0 saturated carbocycles. The molecule has 126 valence electrons. The number of hydrogen-bond donors (Lipinski definition) is 1. The number of nitrogens with one attached hydrogen (secondary N) is 1. The van der Waals surface area contributed by atoms with Crippen molar-refractivity contribution in [2.45, 2.75) is 26.3 Å². The second kappa shape index (κ2) is 7.73. The summed E-state index contributed by atoms with van der Waals surface area (Å²) in [6.45, 7) is 3.30. The average Bonchev–Trinajstić information content (AvgIpc) is 2.55. The highest BCUT2D eigenvalue weighted by atomic mass is 19.1. The summed E-state index contributed by atoms with van der Waals surface area (Å²) in [6.07, 6.45) is 0.0931. The zero-order valence-electron chi connectivity index (χ0n) is 13.9. The molecule has 0 aliphatic rings. The van der Waals surface area contributed by atoms with Crippen LogP contribution in [0.4, 0.5) is 4.39 Å². The second-order valence-electron chi connectivity index (χ2n) is 5.60. The fourth-order valence-corrected chi connectivity index (χ4v) is 2.44. The van der Waals surface area contributed by atoms with Crippen LogP contribution in [0.25, 0.3) is 0 Å². The van der Waals surface area contributed by atoms with Gasteiger partial charge in [0.05, 0.1) is 19.6 Å². The molecule has 0 fully saturated rings. The molecule has 1 amide bonds. The molecular weight excluding hydrogens is 309 g/mol. The largest absolute Gasteiger partial charge is 0.496 e. The SMILES string of the molecule is COc1ccc(C(C)=O)cc1CC(=O)NC(C)c1ccc(F)cc1. The molecule has 0 spiro atoms. The Morgan fingerprint density at radius 2 is 1.83 bits per heavy atom. The maximum absolute atomic E-state index is 13.0. The molecule has 0 aromatic heterocycles. The van der Waals surface area contributed by atoms with Crippen molar-refractivity contribution in [1.82, 2.24) is 5.32 Å². The number of ether oxygens (including phenoxy) is 1. The van der Waals surface area contributed by atoms with Crippen LogP contribution < -0.4 is 10.1 Å². The molecule has 1 unspecified atom stereocenters. The van der Waals surface area contributed by atoms with E-state index in [-0.39, 0.29) is 30.0 Å². The predicted molar refractivity (Wildman–Crippen MR) is 89.7 cm³/mol. The summed E-state index contributed by atoms with van der Waals surface area (Å²) in [5, 5.41) is 2.86. The van der Waals surface area contributed by atoms with E-state index in [0.717, 1.165) is 5.56 Å². The minimum atomic E-state index is -0.317. The van der Waals surface area contributed by atoms with E-state index < -0.39 is 0 Å². The summed E-state index contributed by atoms with van der Waals surface area (Å²) in [5.41, 5.74) is 1.99. The first-order chi connectivity index (χ1) is 11.4. The van der Waals surface area contributed by atoms with Crippen molar-refractivity contribution in [3.8, 4) is 5.75 Å². The Hall–Kier alpha value is -2.69. The second-order valence-corrected chi connectivity index (χ2v) is 5.60. The summed E-state index contributed by atoms with van der Waals surface area (Å²) in [6, 6.07) is 10.8. The number of carbonyl (C=O) groups is 2. The highest BCUT2D eigenvalue weighted by molar-refractivity contribution is 5.94. The standard InChI is InChI=1S/C19H20FNO3/c1-12(14-4-7-17(20)8-5-14)21-19(23)11-16-10-15(13(2)22)6-9-18(16)24-3/h4-10,12H,11H2,1-3H3,(H,21,23). The maximum atomic E-state index is 13.0. The van der Waals surface area contributed by atoms with Crippen molar-refractivity contribution >= 4 is 11.7 Å². The molecule has 0 heterocycles. The molecule has 0 aliphatic heterocycles. The van der Waals surface area contributed by atoms with E-state index in [2.05, 4.69) is 5.32 Å². The zero-order chi connectivity index (χ0) is 17.7. The van der Waals surface area contributed by atoms with Gasteiger partial charge in [-0.2, -0.15) is 0 Å². The summed E-state index contributed by atoms with van der Waals surface area (Å²) >= 11 is 0. The predicted octanol–water partition coefficient (Wildman–Crippen LogP) is 3.46. The third kappa shape index (κ3) is 4.41. The highest BCUT2D eigenvalue weighted by Crippen LogP contribution is 2.21. The maximum Gasteiger partial charge on any atom is 0.225 e. The van der Waals surface area contributed by atoms with Gasteiger partial charge in [-0.25, -0.2) is 4.39 Å². The molecule has 0 aliphatic carbocycles. The van der Waals surface area contributed by atoms with Gasteiger partial charge in [0.1, 0.15) is 11.6 Å². The van der Waals surface area contributed by atoms with Gasteiger partial charge in [0.15, 0.2) is 5.78 Å². The number of hydrogen-bond acceptors (Lipinski definition) is 3. The van der Waals surface area contributed by atoms with Crippen molar-refractivity contribution in [2.24, 2.45) is 0 Å². The Bertz CT molecular complexity index is 741. The third-order valence-electron chi connectivity index (χ3n) is 3.79. The van der Waals surface area contributed by atoms with Gasteiger partial charge in [0.2, 0.25) is 5.91 Å². The smallest absolute Gasteiger partial charge is 0.225 e. The van der Waals surface area contributed by atoms with Crippen molar-refractivity contribution in [2.75, 3.05) is 7.11 Å². The van der Waals surface area contributed by atoms with E-state index in [4.69, 9.17) is 4.74 Å². The van der Waals surface area contributed by atoms with Gasteiger partial charge in [-0.15, -0.1) is 0 Å². The summed E-state index contributed by atoms with van der Waals surface area (Å²) < 4.78 is 18.2. The summed E-state index contributed by atoms with van der Waals surface area (Å²) in [5.74, 6) is -0.0301. The molecule has 0 saturated heterocycles. The molecule has 0 bridgehead atoms. The minimum Gasteiger partial charge on any atom is -0.496 e. The molecule has 2 aromatic carbocycles. The Morgan fingerprint density at radius 3 is 2.42 bits per heavy atom. The van der Waals surface area contributed by atoms with Crippen LogP contribution in [0, 0.1) is 5.82 Å². The fraction of sp³-hybridized carbons (Fsp3) is 0.263. The van der Waals surface area contributed by atoms with Crippen LogP contribution in [0.5, 0.6) is 5.75 Å². The lowest BCUT2D eigenvalue weighted by molar-refractivity contribution is -0.121. The Balaban J connectivity index is 2.10. The highest BCUT2D eigenvalue weighted by Gasteiger charge is 2.14. The average molecular weight is 329 g/mol. The lowest BCUT2D eigenvalue weighted by Crippen LogP contribution is -2.28. The van der Waals surface area contributed by atoms with Crippen LogP contribution >= 0.6 is 0 Å². The monoisotopic (exact) mass is 329 g/mol. The van der Waals surface area contributed by atoms with Crippen LogP contribution in [0.2, 0.25) is 0 Å². The number of rotatable bonds is 6. The van der Waals surface area contributed by atoms with E-state index in [1.807, 2.05) is 6.92 Å². The number of methoxy groups -OCH3 is 1. The van der Waals surface area contributed by atoms with Gasteiger partial charge in [-0.05, 0) is 49.7 Å². The van der Waals surface area contributed by atoms with Crippen molar-refractivity contribution in [1.29, 1.82) is 0 Å². The normalized spacial score (nSPS) is 11.7. The van der Waals surface area contributed by atoms with Gasteiger partial charge in [-0.3, -0.25) is 9.59 Å². The van der Waals surface area contributed by atoms with Gasteiger partial charge < -0.3 is 10.1 Å². The van der Waals surface area contributed by atoms with Gasteiger partial charge in [0.25, 0.3) is 0 Å². The topological polar surface area (TPSA) is 55.4 Å². The third-order valence-corrected chi connectivity index (χ3v) is 3.79. The molecule has 0 radical (unpaired) electrons. The van der Waals surface area contributed by atoms with Gasteiger partial charge in [0, 0.05) is 11.1 Å². The van der Waals surface area contributed by atoms with E-state index in [9.17, 15) is 14.0 Å². The van der Waals surface area contributed by atoms with E-state index >= 15 is 0 Å². The van der Waals surface area contributed by atoms with Crippen molar-refractivity contribution in [3.63, 3.8) is 0 Å². The van der Waals surface area contributed by atoms with Gasteiger partial charge in [-0.1, -0.05) is 12.1 Å². The van der Waals surface area contributed by atoms with Gasteiger partial charge >= 0.3 is 0 Å². The van der Waals surface area contributed by atoms with Crippen LogP contribution in [0.1, 0.15) is 41.4 Å². The Labute approximate surface area is 140 Å². The summed E-state index contributed by atoms with van der Waals surface area (Å²) in [7, 11) is 1.52. The first-order valence-electron chi connectivity index (χ1n) is 7.63. The molecular formula is C19H20FNO3. The first kappa shape index (κ1) is 17.7. The van der Waals surface area contributed by atoms with Crippen LogP contribution in [0.3, 0.4) is 0 Å². The van der Waals surface area contributed by atoms with Crippen LogP contribution in [-0.2, 0) is 11.2 Å². The molecule has 2 rings (SSSR count). The van der Waals surface area contributed by atoms with Crippen molar-refractivity contribution < 1.29 is 18.7 Å². The lowest BCUT2D eigenvalue weighted by Gasteiger charge is -2.15. The number of amides is 1. The van der Waals surface area contributed by atoms with Crippen LogP contribution in [-0.4, -0.2) is 18.8 Å². The molecule has 1 N–H and O–H groups in total. The minimum absolute atomic E-state index is 0.0704. The number of halogens is 1. The van der Waals surface area contributed by atoms with Crippen LogP contribution in [0.15, 0.2) is 42.5 Å². The first-order valence-corrected chi connectivity index (χ1v) is 7.63. The Kier molecular flexibility index (Phi) is 5.68. The quantitative estimate of drug-likeness (QED) is 0.826. The molecule has 1 atom stereocenters. The number of ketones is 1. The van der Waals surface area contributed by atoms with E-state index in [1.54, 1.807) is 30.3 Å². The number of carbonyl (C=O) groups excluding carboxylic acids is 2. The number of benzene rings is 2. The lowest BCUT2D eigenvalue weighted by atomic mass is 10.0.